The van der Waals surface area contributed by atoms with Crippen LogP contribution >= 0.6 is 23.2 Å². The van der Waals surface area contributed by atoms with Crippen LogP contribution in [0.1, 0.15) is 11.3 Å². The normalized spacial score (nSPS) is 11.9. The predicted octanol–water partition coefficient (Wildman–Crippen LogP) is 4.15. The number of nitrogen functional groups attached to an aromatic ring is 1. The fourth-order valence-electron chi connectivity index (χ4n) is 1.72. The van der Waals surface area contributed by atoms with E-state index >= 15 is 0 Å². The van der Waals surface area contributed by atoms with Gasteiger partial charge in [0.05, 0.1) is 21.2 Å². The lowest BCUT2D eigenvalue weighted by Crippen LogP contribution is -2.13. The van der Waals surface area contributed by atoms with E-state index in [1.165, 1.54) is 6.07 Å². The van der Waals surface area contributed by atoms with Gasteiger partial charge in [0.1, 0.15) is 5.69 Å². The molecular weight excluding hydrogens is 302 g/mol. The van der Waals surface area contributed by atoms with E-state index in [4.69, 9.17) is 29.0 Å². The van der Waals surface area contributed by atoms with Crippen molar-refractivity contribution in [1.82, 2.24) is 4.98 Å². The third-order valence-corrected chi connectivity index (χ3v) is 3.38. The Bertz CT molecular complexity index is 656. The van der Waals surface area contributed by atoms with Crippen LogP contribution in [0.25, 0.3) is 10.9 Å². The SMILES string of the molecule is Cc1cc(Cl)c2nc(C(F)(F)F)cc(NN)c2c1Cl. The molecule has 2 aromatic rings. The van der Waals surface area contributed by atoms with Gasteiger partial charge in [-0.3, -0.25) is 5.84 Å². The molecule has 1 aromatic carbocycles. The number of aromatic nitrogens is 1. The highest BCUT2D eigenvalue weighted by molar-refractivity contribution is 6.41. The van der Waals surface area contributed by atoms with Gasteiger partial charge < -0.3 is 5.43 Å². The maximum absolute atomic E-state index is 12.7. The zero-order valence-electron chi connectivity index (χ0n) is 9.57. The minimum absolute atomic E-state index is 0.0212. The van der Waals surface area contributed by atoms with Crippen molar-refractivity contribution in [2.24, 2.45) is 5.84 Å². The number of hydrogen-bond acceptors (Lipinski definition) is 3. The number of hydrogen-bond donors (Lipinski definition) is 2. The maximum atomic E-state index is 12.7. The summed E-state index contributed by atoms with van der Waals surface area (Å²) in [6, 6.07) is 2.25. The number of nitrogens with zero attached hydrogens (tertiary/aromatic N) is 1. The summed E-state index contributed by atoms with van der Waals surface area (Å²) in [7, 11) is 0. The number of rotatable bonds is 1. The molecule has 0 saturated heterocycles. The van der Waals surface area contributed by atoms with Gasteiger partial charge in [-0.15, -0.1) is 0 Å². The lowest BCUT2D eigenvalue weighted by atomic mass is 10.1. The number of nitrogens with two attached hydrogens (primary N) is 1. The first-order valence-electron chi connectivity index (χ1n) is 5.09. The molecule has 0 radical (unpaired) electrons. The zero-order chi connectivity index (χ0) is 14.4. The van der Waals surface area contributed by atoms with E-state index in [0.29, 0.717) is 5.56 Å². The van der Waals surface area contributed by atoms with Gasteiger partial charge in [-0.05, 0) is 24.6 Å². The van der Waals surface area contributed by atoms with Crippen LogP contribution in [-0.2, 0) is 6.18 Å². The number of pyridine rings is 1. The number of halogens is 5. The smallest absolute Gasteiger partial charge is 0.323 e. The fraction of sp³-hybridized carbons (Fsp3) is 0.182. The molecule has 19 heavy (non-hydrogen) atoms. The van der Waals surface area contributed by atoms with Gasteiger partial charge in [-0.1, -0.05) is 23.2 Å². The molecule has 3 N–H and O–H groups in total. The average molecular weight is 310 g/mol. The van der Waals surface area contributed by atoms with Crippen molar-refractivity contribution in [3.8, 4) is 0 Å². The van der Waals surface area contributed by atoms with Gasteiger partial charge in [0.15, 0.2) is 0 Å². The first kappa shape index (κ1) is 14.2. The van der Waals surface area contributed by atoms with Crippen LogP contribution in [0.3, 0.4) is 0 Å². The molecule has 1 aromatic heterocycles. The summed E-state index contributed by atoms with van der Waals surface area (Å²) < 4.78 is 38.2. The number of nitrogens with one attached hydrogen (secondary N) is 1. The Hall–Kier alpha value is -1.24. The summed E-state index contributed by atoms with van der Waals surface area (Å²) in [6.45, 7) is 1.69. The van der Waals surface area contributed by atoms with Gasteiger partial charge in [-0.25, -0.2) is 4.98 Å². The third-order valence-electron chi connectivity index (χ3n) is 2.60. The summed E-state index contributed by atoms with van der Waals surface area (Å²) in [5.41, 5.74) is 1.71. The lowest BCUT2D eigenvalue weighted by molar-refractivity contribution is -0.140. The molecule has 2 rings (SSSR count). The zero-order valence-corrected chi connectivity index (χ0v) is 11.1. The molecule has 8 heteroatoms. The van der Waals surface area contributed by atoms with Crippen LogP contribution in [0.2, 0.25) is 10.0 Å². The van der Waals surface area contributed by atoms with Gasteiger partial charge in [0.25, 0.3) is 0 Å². The third kappa shape index (κ3) is 2.43. The molecule has 0 spiro atoms. The summed E-state index contributed by atoms with van der Waals surface area (Å²) >= 11 is 12.0. The van der Waals surface area contributed by atoms with E-state index in [1.54, 1.807) is 6.92 Å². The van der Waals surface area contributed by atoms with E-state index < -0.39 is 11.9 Å². The molecule has 0 aliphatic carbocycles. The van der Waals surface area contributed by atoms with E-state index in [-0.39, 0.29) is 26.6 Å². The Labute approximate surface area is 116 Å². The van der Waals surface area contributed by atoms with E-state index in [0.717, 1.165) is 6.07 Å². The molecule has 0 fully saturated rings. The summed E-state index contributed by atoms with van der Waals surface area (Å²) in [5.74, 6) is 5.25. The van der Waals surface area contributed by atoms with Crippen molar-refractivity contribution < 1.29 is 13.2 Å². The Kier molecular flexibility index (Phi) is 3.51. The minimum Gasteiger partial charge on any atom is -0.323 e. The molecule has 0 bridgehead atoms. The van der Waals surface area contributed by atoms with Crippen molar-refractivity contribution in [3.63, 3.8) is 0 Å². The number of hydrazine groups is 1. The first-order valence-corrected chi connectivity index (χ1v) is 5.84. The number of benzene rings is 1. The van der Waals surface area contributed by atoms with E-state index in [9.17, 15) is 13.2 Å². The molecule has 1 heterocycles. The maximum Gasteiger partial charge on any atom is 0.433 e. The molecule has 0 saturated carbocycles. The number of alkyl halides is 3. The van der Waals surface area contributed by atoms with Crippen LogP contribution in [0.5, 0.6) is 0 Å². The Morgan fingerprint density at radius 2 is 1.89 bits per heavy atom. The fourth-order valence-corrected chi connectivity index (χ4v) is 2.26. The van der Waals surface area contributed by atoms with Crippen molar-refractivity contribution in [3.05, 3.63) is 33.4 Å². The minimum atomic E-state index is -4.60. The summed E-state index contributed by atoms with van der Waals surface area (Å²) in [6.07, 6.45) is -4.60. The lowest BCUT2D eigenvalue weighted by Gasteiger charge is -2.14. The van der Waals surface area contributed by atoms with Crippen LogP contribution in [0.4, 0.5) is 18.9 Å². The molecule has 0 aliphatic rings. The quantitative estimate of drug-likeness (QED) is 0.614. The molecule has 3 nitrogen and oxygen atoms in total. The molecule has 0 amide bonds. The second-order valence-electron chi connectivity index (χ2n) is 3.91. The standard InChI is InChI=1S/C11H8Cl2F3N3/c1-4-2-5(12)10-8(9(4)13)6(19-17)3-7(18-10)11(14,15)16/h2-3H,17H2,1H3,(H,18,19). The summed E-state index contributed by atoms with van der Waals surface area (Å²) in [4.78, 5) is 3.52. The van der Waals surface area contributed by atoms with E-state index in [1.807, 2.05) is 0 Å². The van der Waals surface area contributed by atoms with Crippen LogP contribution < -0.4 is 11.3 Å². The Balaban J connectivity index is 2.93. The highest BCUT2D eigenvalue weighted by atomic mass is 35.5. The first-order chi connectivity index (χ1) is 8.75. The van der Waals surface area contributed by atoms with E-state index in [2.05, 4.69) is 10.4 Å². The molecule has 0 unspecified atom stereocenters. The van der Waals surface area contributed by atoms with Crippen LogP contribution in [0.15, 0.2) is 12.1 Å². The second-order valence-corrected chi connectivity index (χ2v) is 4.70. The van der Waals surface area contributed by atoms with Crippen LogP contribution in [0, 0.1) is 6.92 Å². The predicted molar refractivity (Wildman–Crippen MR) is 69.3 cm³/mol. The molecular formula is C11H8Cl2F3N3. The number of aryl methyl sites for hydroxylation is 1. The van der Waals surface area contributed by atoms with Crippen molar-refractivity contribution in [2.75, 3.05) is 5.43 Å². The van der Waals surface area contributed by atoms with Crippen molar-refractivity contribution in [1.29, 1.82) is 0 Å². The summed E-state index contributed by atoms with van der Waals surface area (Å²) in [5, 5.41) is 0.607. The highest BCUT2D eigenvalue weighted by Gasteiger charge is 2.34. The van der Waals surface area contributed by atoms with Gasteiger partial charge in [-0.2, -0.15) is 13.2 Å². The van der Waals surface area contributed by atoms with Crippen molar-refractivity contribution >= 4 is 39.8 Å². The molecule has 0 aliphatic heterocycles. The number of anilines is 1. The highest BCUT2D eigenvalue weighted by Crippen LogP contribution is 2.39. The topological polar surface area (TPSA) is 50.9 Å². The van der Waals surface area contributed by atoms with Gasteiger partial charge >= 0.3 is 6.18 Å². The second kappa shape index (κ2) is 4.70. The number of fused-ring (bicyclic) bond motifs is 1. The molecule has 102 valence electrons. The monoisotopic (exact) mass is 309 g/mol. The van der Waals surface area contributed by atoms with Crippen molar-refractivity contribution in [2.45, 2.75) is 13.1 Å². The molecule has 0 atom stereocenters. The van der Waals surface area contributed by atoms with Gasteiger partial charge in [0.2, 0.25) is 0 Å². The average Bonchev–Trinajstić information content (AvgIpc) is 2.33. The Morgan fingerprint density at radius 3 is 2.42 bits per heavy atom. The largest absolute Gasteiger partial charge is 0.433 e. The Morgan fingerprint density at radius 1 is 1.26 bits per heavy atom. The van der Waals surface area contributed by atoms with Gasteiger partial charge in [0, 0.05) is 5.39 Å². The van der Waals surface area contributed by atoms with Crippen LogP contribution in [-0.4, -0.2) is 4.98 Å².